The Labute approximate surface area is 105 Å². The lowest BCUT2D eigenvalue weighted by atomic mass is 10.1. The molecular formula is C11H16ClNO2S. The number of halogens is 1. The lowest BCUT2D eigenvalue weighted by molar-refractivity contribution is 0.0958. The summed E-state index contributed by atoms with van der Waals surface area (Å²) < 4.78 is 6.28. The molecule has 2 rings (SSSR count). The topological polar surface area (TPSA) is 32.7 Å². The highest BCUT2D eigenvalue weighted by molar-refractivity contribution is 7.16. The molecule has 1 aromatic rings. The fraction of sp³-hybridized carbons (Fsp3) is 0.636. The monoisotopic (exact) mass is 261 g/mol. The molecule has 0 spiro atoms. The van der Waals surface area contributed by atoms with Crippen molar-refractivity contribution in [3.05, 3.63) is 21.3 Å². The molecule has 0 radical (unpaired) electrons. The maximum atomic E-state index is 9.18. The number of aliphatic hydroxyl groups excluding tert-OH is 1. The molecule has 1 N–H and O–H groups in total. The average Bonchev–Trinajstić information content (AvgIpc) is 2.55. The molecule has 0 aliphatic carbocycles. The van der Waals surface area contributed by atoms with Crippen LogP contribution in [-0.4, -0.2) is 42.9 Å². The number of nitrogens with zero attached hydrogens (tertiary/aromatic N) is 1. The smallest absolute Gasteiger partial charge is 0.0931 e. The number of aliphatic hydroxyl groups is 1. The summed E-state index contributed by atoms with van der Waals surface area (Å²) in [6.07, 6.45) is 0. The molecule has 0 aromatic carbocycles. The first-order valence-electron chi connectivity index (χ1n) is 5.43. The van der Waals surface area contributed by atoms with Crippen molar-refractivity contribution in [3.63, 3.8) is 0 Å². The van der Waals surface area contributed by atoms with E-state index in [1.165, 1.54) is 4.88 Å². The normalized spacial score (nSPS) is 23.2. The molecule has 0 unspecified atom stereocenters. The Morgan fingerprint density at radius 3 is 3.12 bits per heavy atom. The zero-order chi connectivity index (χ0) is 11.4. The highest BCUT2D eigenvalue weighted by Crippen LogP contribution is 2.23. The van der Waals surface area contributed by atoms with Crippen LogP contribution < -0.4 is 0 Å². The molecule has 0 saturated carbocycles. The van der Waals surface area contributed by atoms with Gasteiger partial charge in [0.25, 0.3) is 0 Å². The summed E-state index contributed by atoms with van der Waals surface area (Å²) in [6.45, 7) is 4.32. The van der Waals surface area contributed by atoms with Gasteiger partial charge in [0.2, 0.25) is 0 Å². The minimum absolute atomic E-state index is 0.196. The first-order valence-corrected chi connectivity index (χ1v) is 6.62. The van der Waals surface area contributed by atoms with Gasteiger partial charge in [0.1, 0.15) is 0 Å². The molecule has 90 valence electrons. The van der Waals surface area contributed by atoms with Gasteiger partial charge in [-0.1, -0.05) is 11.6 Å². The van der Waals surface area contributed by atoms with Gasteiger partial charge in [0.05, 0.1) is 17.6 Å². The molecule has 1 atom stereocenters. The third kappa shape index (κ3) is 3.43. The van der Waals surface area contributed by atoms with Crippen LogP contribution in [0.3, 0.4) is 0 Å². The van der Waals surface area contributed by atoms with E-state index in [2.05, 4.69) is 11.0 Å². The minimum atomic E-state index is 0.196. The Balaban J connectivity index is 1.92. The Hall–Kier alpha value is -0.130. The van der Waals surface area contributed by atoms with Gasteiger partial charge in [0.15, 0.2) is 0 Å². The van der Waals surface area contributed by atoms with E-state index < -0.39 is 0 Å². The predicted octanol–water partition coefficient (Wildman–Crippen LogP) is 1.84. The first-order chi connectivity index (χ1) is 7.78. The van der Waals surface area contributed by atoms with Gasteiger partial charge in [-0.3, -0.25) is 4.90 Å². The Morgan fingerprint density at radius 2 is 2.44 bits per heavy atom. The lowest BCUT2D eigenvalue weighted by Gasteiger charge is -2.21. The van der Waals surface area contributed by atoms with Crippen LogP contribution in [0.5, 0.6) is 0 Å². The summed E-state index contributed by atoms with van der Waals surface area (Å²) in [5.74, 6) is 0.234. The molecule has 3 nitrogen and oxygen atoms in total. The van der Waals surface area contributed by atoms with Crippen LogP contribution in [0.1, 0.15) is 4.88 Å². The molecular weight excluding hydrogens is 246 g/mol. The van der Waals surface area contributed by atoms with Crippen LogP contribution in [-0.2, 0) is 11.3 Å². The van der Waals surface area contributed by atoms with E-state index in [0.717, 1.165) is 30.6 Å². The molecule has 16 heavy (non-hydrogen) atoms. The second-order valence-electron chi connectivity index (χ2n) is 4.06. The summed E-state index contributed by atoms with van der Waals surface area (Å²) in [5, 5.41) is 9.18. The fourth-order valence-electron chi connectivity index (χ4n) is 1.86. The number of thiophene rings is 1. The number of rotatable bonds is 3. The van der Waals surface area contributed by atoms with Gasteiger partial charge in [-0.25, -0.2) is 0 Å². The zero-order valence-electron chi connectivity index (χ0n) is 9.06. The Bertz CT molecular complexity index is 332. The van der Waals surface area contributed by atoms with Crippen molar-refractivity contribution >= 4 is 22.9 Å². The van der Waals surface area contributed by atoms with Crippen LogP contribution in [0.4, 0.5) is 0 Å². The van der Waals surface area contributed by atoms with E-state index in [9.17, 15) is 5.11 Å². The van der Waals surface area contributed by atoms with Gasteiger partial charge >= 0.3 is 0 Å². The molecule has 1 aliphatic heterocycles. The average molecular weight is 262 g/mol. The zero-order valence-corrected chi connectivity index (χ0v) is 10.6. The van der Waals surface area contributed by atoms with Gasteiger partial charge in [-0.2, -0.15) is 0 Å². The Morgan fingerprint density at radius 1 is 1.56 bits per heavy atom. The maximum Gasteiger partial charge on any atom is 0.0931 e. The third-order valence-electron chi connectivity index (χ3n) is 2.69. The van der Waals surface area contributed by atoms with E-state index in [0.29, 0.717) is 6.61 Å². The lowest BCUT2D eigenvalue weighted by Crippen LogP contribution is -2.30. The van der Waals surface area contributed by atoms with Gasteiger partial charge < -0.3 is 9.84 Å². The van der Waals surface area contributed by atoms with Crippen LogP contribution in [0.2, 0.25) is 4.34 Å². The molecule has 0 amide bonds. The SMILES string of the molecule is OC[C@@H]1COCCN(Cc2ccc(Cl)s2)C1. The third-order valence-corrected chi connectivity index (χ3v) is 3.90. The fourth-order valence-corrected chi connectivity index (χ4v) is 2.99. The molecule has 1 saturated heterocycles. The summed E-state index contributed by atoms with van der Waals surface area (Å²) in [5.41, 5.74) is 0. The minimum Gasteiger partial charge on any atom is -0.396 e. The van der Waals surface area contributed by atoms with Gasteiger partial charge in [-0.15, -0.1) is 11.3 Å². The summed E-state index contributed by atoms with van der Waals surface area (Å²) in [7, 11) is 0. The van der Waals surface area contributed by atoms with E-state index in [1.54, 1.807) is 11.3 Å². The van der Waals surface area contributed by atoms with Crippen LogP contribution in [0, 0.1) is 5.92 Å². The van der Waals surface area contributed by atoms with Crippen molar-refractivity contribution in [2.24, 2.45) is 5.92 Å². The second kappa shape index (κ2) is 5.98. The number of hydrogen-bond acceptors (Lipinski definition) is 4. The molecule has 5 heteroatoms. The maximum absolute atomic E-state index is 9.18. The van der Waals surface area contributed by atoms with Crippen LogP contribution in [0.25, 0.3) is 0 Å². The molecule has 1 aliphatic rings. The van der Waals surface area contributed by atoms with Crippen molar-refractivity contribution in [1.82, 2.24) is 4.90 Å². The highest BCUT2D eigenvalue weighted by atomic mass is 35.5. The highest BCUT2D eigenvalue weighted by Gasteiger charge is 2.18. The molecule has 2 heterocycles. The van der Waals surface area contributed by atoms with E-state index >= 15 is 0 Å². The van der Waals surface area contributed by atoms with Gasteiger partial charge in [0, 0.05) is 37.0 Å². The van der Waals surface area contributed by atoms with E-state index in [4.69, 9.17) is 16.3 Å². The summed E-state index contributed by atoms with van der Waals surface area (Å²) in [6, 6.07) is 3.99. The van der Waals surface area contributed by atoms with E-state index in [1.807, 2.05) is 6.07 Å². The molecule has 0 bridgehead atoms. The van der Waals surface area contributed by atoms with Gasteiger partial charge in [-0.05, 0) is 12.1 Å². The summed E-state index contributed by atoms with van der Waals surface area (Å²) >= 11 is 7.52. The second-order valence-corrected chi connectivity index (χ2v) is 5.86. The number of ether oxygens (including phenoxy) is 1. The standard InChI is InChI=1S/C11H16ClNO2S/c12-11-2-1-10(16-11)6-13-3-4-15-8-9(5-13)7-14/h1-2,9,14H,3-8H2/t9-/m1/s1. The van der Waals surface area contributed by atoms with Crippen LogP contribution in [0.15, 0.2) is 12.1 Å². The van der Waals surface area contributed by atoms with Crippen molar-refractivity contribution in [1.29, 1.82) is 0 Å². The number of hydrogen-bond donors (Lipinski definition) is 1. The molecule has 1 fully saturated rings. The van der Waals surface area contributed by atoms with Crippen molar-refractivity contribution < 1.29 is 9.84 Å². The molecule has 1 aromatic heterocycles. The quantitative estimate of drug-likeness (QED) is 0.901. The van der Waals surface area contributed by atoms with Crippen molar-refractivity contribution in [3.8, 4) is 0 Å². The van der Waals surface area contributed by atoms with Crippen molar-refractivity contribution in [2.75, 3.05) is 32.9 Å². The van der Waals surface area contributed by atoms with Crippen molar-refractivity contribution in [2.45, 2.75) is 6.54 Å². The Kier molecular flexibility index (Phi) is 4.61. The first kappa shape index (κ1) is 12.3. The predicted molar refractivity (Wildman–Crippen MR) is 66.0 cm³/mol. The largest absolute Gasteiger partial charge is 0.396 e. The van der Waals surface area contributed by atoms with E-state index in [-0.39, 0.29) is 12.5 Å². The summed E-state index contributed by atoms with van der Waals surface area (Å²) in [4.78, 5) is 3.58. The van der Waals surface area contributed by atoms with Crippen LogP contribution >= 0.6 is 22.9 Å².